The number of halogens is 1. The van der Waals surface area contributed by atoms with Gasteiger partial charge in [0.1, 0.15) is 11.5 Å². The van der Waals surface area contributed by atoms with Crippen LogP contribution in [0.15, 0.2) is 75.8 Å². The molecule has 0 radical (unpaired) electrons. The van der Waals surface area contributed by atoms with Gasteiger partial charge in [-0.3, -0.25) is 9.59 Å². The zero-order valence-corrected chi connectivity index (χ0v) is 16.6. The minimum atomic E-state index is -0.294. The van der Waals surface area contributed by atoms with Crippen LogP contribution in [0, 0.1) is 0 Å². The molecule has 3 rings (SSSR count). The molecule has 2 N–H and O–H groups in total. The van der Waals surface area contributed by atoms with Crippen molar-refractivity contribution in [3.63, 3.8) is 0 Å². The summed E-state index contributed by atoms with van der Waals surface area (Å²) < 4.78 is 11.7. The molecule has 3 aromatic rings. The number of amides is 2. The van der Waals surface area contributed by atoms with Gasteiger partial charge in [-0.15, -0.1) is 0 Å². The van der Waals surface area contributed by atoms with E-state index in [1.165, 1.54) is 0 Å². The number of nitrogens with one attached hydrogen (secondary N) is 2. The molecule has 2 amide bonds. The second-order valence-electron chi connectivity index (χ2n) is 5.91. The SMILES string of the molecule is O=C(CCOc1cccc(Br)c1)Nc1ccccc1C(=O)NCc1ccco1. The van der Waals surface area contributed by atoms with E-state index in [9.17, 15) is 9.59 Å². The van der Waals surface area contributed by atoms with Gasteiger partial charge < -0.3 is 19.8 Å². The molecule has 0 aliphatic carbocycles. The van der Waals surface area contributed by atoms with Crippen molar-refractivity contribution in [2.75, 3.05) is 11.9 Å². The van der Waals surface area contributed by atoms with Gasteiger partial charge in [-0.25, -0.2) is 0 Å². The van der Waals surface area contributed by atoms with E-state index < -0.39 is 0 Å². The Morgan fingerprint density at radius 3 is 2.68 bits per heavy atom. The summed E-state index contributed by atoms with van der Waals surface area (Å²) in [4.78, 5) is 24.7. The lowest BCUT2D eigenvalue weighted by atomic mass is 10.1. The van der Waals surface area contributed by atoms with Gasteiger partial charge in [-0.2, -0.15) is 0 Å². The maximum Gasteiger partial charge on any atom is 0.253 e. The van der Waals surface area contributed by atoms with Gasteiger partial charge in [0.2, 0.25) is 5.91 Å². The van der Waals surface area contributed by atoms with Gasteiger partial charge in [0.15, 0.2) is 0 Å². The third kappa shape index (κ3) is 5.72. The van der Waals surface area contributed by atoms with Crippen molar-refractivity contribution in [1.82, 2.24) is 5.32 Å². The first-order valence-electron chi connectivity index (χ1n) is 8.69. The first kappa shape index (κ1) is 19.7. The van der Waals surface area contributed by atoms with Crippen molar-refractivity contribution in [2.24, 2.45) is 0 Å². The van der Waals surface area contributed by atoms with Gasteiger partial charge in [-0.05, 0) is 42.5 Å². The Morgan fingerprint density at radius 1 is 1.04 bits per heavy atom. The third-order valence-corrected chi connectivity index (χ3v) is 4.34. The summed E-state index contributed by atoms with van der Waals surface area (Å²) >= 11 is 3.37. The standard InChI is InChI=1S/C21H19BrN2O4/c22-15-5-3-6-16(13-15)28-12-10-20(25)24-19-9-2-1-8-18(19)21(26)23-14-17-7-4-11-27-17/h1-9,11,13H,10,12,14H2,(H,23,26)(H,24,25). The Morgan fingerprint density at radius 2 is 1.89 bits per heavy atom. The van der Waals surface area contributed by atoms with E-state index in [0.29, 0.717) is 22.8 Å². The molecule has 2 aromatic carbocycles. The van der Waals surface area contributed by atoms with Gasteiger partial charge in [0.05, 0.1) is 37.1 Å². The van der Waals surface area contributed by atoms with Crippen LogP contribution < -0.4 is 15.4 Å². The fraction of sp³-hybridized carbons (Fsp3) is 0.143. The summed E-state index contributed by atoms with van der Waals surface area (Å²) in [5, 5.41) is 5.54. The second-order valence-corrected chi connectivity index (χ2v) is 6.83. The van der Waals surface area contributed by atoms with E-state index in [0.717, 1.165) is 4.47 Å². The highest BCUT2D eigenvalue weighted by Gasteiger charge is 2.13. The summed E-state index contributed by atoms with van der Waals surface area (Å²) in [6.07, 6.45) is 1.71. The lowest BCUT2D eigenvalue weighted by Gasteiger charge is -2.11. The van der Waals surface area contributed by atoms with Crippen LogP contribution in [0.25, 0.3) is 0 Å². The molecule has 28 heavy (non-hydrogen) atoms. The van der Waals surface area contributed by atoms with E-state index in [1.54, 1.807) is 42.7 Å². The maximum atomic E-state index is 12.4. The molecule has 144 valence electrons. The molecule has 0 atom stereocenters. The highest BCUT2D eigenvalue weighted by Crippen LogP contribution is 2.18. The first-order valence-corrected chi connectivity index (χ1v) is 9.49. The molecular weight excluding hydrogens is 424 g/mol. The fourth-order valence-corrected chi connectivity index (χ4v) is 2.88. The quantitative estimate of drug-likeness (QED) is 0.542. The van der Waals surface area contributed by atoms with Gasteiger partial charge in [0.25, 0.3) is 5.91 Å². The van der Waals surface area contributed by atoms with Crippen LogP contribution >= 0.6 is 15.9 Å². The van der Waals surface area contributed by atoms with E-state index in [1.807, 2.05) is 24.3 Å². The van der Waals surface area contributed by atoms with Gasteiger partial charge in [-0.1, -0.05) is 34.1 Å². The molecule has 0 saturated carbocycles. The number of hydrogen-bond donors (Lipinski definition) is 2. The second kappa shape index (κ2) is 9.75. The molecule has 0 spiro atoms. The zero-order valence-electron chi connectivity index (χ0n) is 15.0. The molecule has 0 aliphatic heterocycles. The molecule has 0 saturated heterocycles. The van der Waals surface area contributed by atoms with E-state index in [-0.39, 0.29) is 31.4 Å². The Labute approximate surface area is 171 Å². The monoisotopic (exact) mass is 442 g/mol. The van der Waals surface area contributed by atoms with Crippen LogP contribution in [0.4, 0.5) is 5.69 Å². The smallest absolute Gasteiger partial charge is 0.253 e. The number of benzene rings is 2. The molecule has 0 unspecified atom stereocenters. The van der Waals surface area contributed by atoms with Crippen molar-refractivity contribution in [1.29, 1.82) is 0 Å². The Bertz CT molecular complexity index is 941. The summed E-state index contributed by atoms with van der Waals surface area (Å²) in [7, 11) is 0. The molecule has 6 nitrogen and oxygen atoms in total. The molecular formula is C21H19BrN2O4. The number of carbonyl (C=O) groups is 2. The van der Waals surface area contributed by atoms with Crippen molar-refractivity contribution >= 4 is 33.4 Å². The van der Waals surface area contributed by atoms with Crippen LogP contribution in [-0.2, 0) is 11.3 Å². The average Bonchev–Trinajstić information content (AvgIpc) is 3.20. The molecule has 1 heterocycles. The molecule has 0 fully saturated rings. The van der Waals surface area contributed by atoms with Gasteiger partial charge in [0, 0.05) is 4.47 Å². The number of para-hydroxylation sites is 1. The zero-order chi connectivity index (χ0) is 19.8. The summed E-state index contributed by atoms with van der Waals surface area (Å²) in [6, 6.07) is 17.8. The molecule has 7 heteroatoms. The lowest BCUT2D eigenvalue weighted by molar-refractivity contribution is -0.116. The summed E-state index contributed by atoms with van der Waals surface area (Å²) in [6.45, 7) is 0.504. The largest absolute Gasteiger partial charge is 0.493 e. The van der Waals surface area contributed by atoms with Crippen LogP contribution in [0.3, 0.4) is 0 Å². The number of rotatable bonds is 8. The van der Waals surface area contributed by atoms with E-state index in [4.69, 9.17) is 9.15 Å². The van der Waals surface area contributed by atoms with Crippen molar-refractivity contribution in [2.45, 2.75) is 13.0 Å². The number of hydrogen-bond acceptors (Lipinski definition) is 4. The van der Waals surface area contributed by atoms with Crippen LogP contribution in [0.1, 0.15) is 22.5 Å². The molecule has 0 bridgehead atoms. The van der Waals surface area contributed by atoms with Crippen LogP contribution in [0.2, 0.25) is 0 Å². The highest BCUT2D eigenvalue weighted by molar-refractivity contribution is 9.10. The van der Waals surface area contributed by atoms with Crippen LogP contribution in [0.5, 0.6) is 5.75 Å². The lowest BCUT2D eigenvalue weighted by Crippen LogP contribution is -2.25. The van der Waals surface area contributed by atoms with Gasteiger partial charge >= 0.3 is 0 Å². The Hall–Kier alpha value is -3.06. The molecule has 1 aromatic heterocycles. The van der Waals surface area contributed by atoms with Crippen LogP contribution in [-0.4, -0.2) is 18.4 Å². The Balaban J connectivity index is 1.53. The average molecular weight is 443 g/mol. The number of ether oxygens (including phenoxy) is 1. The van der Waals surface area contributed by atoms with E-state index in [2.05, 4.69) is 26.6 Å². The predicted molar refractivity (Wildman–Crippen MR) is 109 cm³/mol. The number of carbonyl (C=O) groups excluding carboxylic acids is 2. The minimum absolute atomic E-state index is 0.162. The number of furan rings is 1. The van der Waals surface area contributed by atoms with Crippen molar-refractivity contribution in [3.05, 3.63) is 82.7 Å². The molecule has 0 aliphatic rings. The normalized spacial score (nSPS) is 10.3. The third-order valence-electron chi connectivity index (χ3n) is 3.84. The topological polar surface area (TPSA) is 80.6 Å². The summed E-state index contributed by atoms with van der Waals surface area (Å²) in [5.74, 6) is 0.804. The number of anilines is 1. The van der Waals surface area contributed by atoms with Crippen molar-refractivity contribution < 1.29 is 18.7 Å². The maximum absolute atomic E-state index is 12.4. The van der Waals surface area contributed by atoms with Crippen molar-refractivity contribution in [3.8, 4) is 5.75 Å². The fourth-order valence-electron chi connectivity index (χ4n) is 2.50. The highest BCUT2D eigenvalue weighted by atomic mass is 79.9. The predicted octanol–water partition coefficient (Wildman–Crippen LogP) is 4.38. The first-order chi connectivity index (χ1) is 13.6. The van der Waals surface area contributed by atoms with E-state index >= 15 is 0 Å². The summed E-state index contributed by atoms with van der Waals surface area (Å²) in [5.41, 5.74) is 0.835. The Kier molecular flexibility index (Phi) is 6.86. The minimum Gasteiger partial charge on any atom is -0.493 e.